The standard InChI is InChI=1S/C11H18OS/c12-9-11(5-2-1-3-6-11)10-4-7-13-8-10/h9-10H,1-8H2. The van der Waals surface area contributed by atoms with E-state index in [2.05, 4.69) is 0 Å². The van der Waals surface area contributed by atoms with Gasteiger partial charge in [0.2, 0.25) is 0 Å². The minimum Gasteiger partial charge on any atom is -0.303 e. The second-order valence-electron chi connectivity index (χ2n) is 4.47. The third-order valence-electron chi connectivity index (χ3n) is 3.76. The lowest BCUT2D eigenvalue weighted by Crippen LogP contribution is -2.34. The number of aldehydes is 1. The summed E-state index contributed by atoms with van der Waals surface area (Å²) in [5.41, 5.74) is 0.0990. The van der Waals surface area contributed by atoms with Crippen LogP contribution in [0.1, 0.15) is 38.5 Å². The van der Waals surface area contributed by atoms with E-state index in [1.165, 1.54) is 56.3 Å². The molecule has 1 saturated heterocycles. The maximum absolute atomic E-state index is 11.3. The Morgan fingerprint density at radius 1 is 1.23 bits per heavy atom. The molecular formula is C11H18OS. The Balaban J connectivity index is 2.07. The van der Waals surface area contributed by atoms with Crippen molar-refractivity contribution in [3.8, 4) is 0 Å². The fourth-order valence-corrected chi connectivity index (χ4v) is 4.22. The van der Waals surface area contributed by atoms with Gasteiger partial charge in [-0.2, -0.15) is 11.8 Å². The second-order valence-corrected chi connectivity index (χ2v) is 5.62. The third kappa shape index (κ3) is 1.78. The summed E-state index contributed by atoms with van der Waals surface area (Å²) in [7, 11) is 0. The molecule has 0 aromatic carbocycles. The largest absolute Gasteiger partial charge is 0.303 e. The fraction of sp³-hybridized carbons (Fsp3) is 0.909. The van der Waals surface area contributed by atoms with Crippen LogP contribution in [0.4, 0.5) is 0 Å². The van der Waals surface area contributed by atoms with Crippen molar-refractivity contribution in [2.24, 2.45) is 11.3 Å². The molecule has 1 nitrogen and oxygen atoms in total. The zero-order valence-corrected chi connectivity index (χ0v) is 8.94. The van der Waals surface area contributed by atoms with Gasteiger partial charge in [-0.1, -0.05) is 19.3 Å². The molecule has 0 radical (unpaired) electrons. The molecule has 1 saturated carbocycles. The molecule has 0 spiro atoms. The van der Waals surface area contributed by atoms with Crippen LogP contribution in [0.25, 0.3) is 0 Å². The van der Waals surface area contributed by atoms with Crippen LogP contribution in [0, 0.1) is 11.3 Å². The maximum Gasteiger partial charge on any atom is 0.126 e. The summed E-state index contributed by atoms with van der Waals surface area (Å²) in [6.07, 6.45) is 8.81. The quantitative estimate of drug-likeness (QED) is 0.635. The number of thioether (sulfide) groups is 1. The SMILES string of the molecule is O=CC1(C2CCSC2)CCCCC1. The topological polar surface area (TPSA) is 17.1 Å². The minimum atomic E-state index is 0.0990. The average Bonchev–Trinajstić information content (AvgIpc) is 2.72. The highest BCUT2D eigenvalue weighted by Gasteiger charge is 2.40. The molecule has 2 aliphatic rings. The first-order valence-corrected chi connectivity index (χ1v) is 6.57. The number of hydrogen-bond donors (Lipinski definition) is 0. The van der Waals surface area contributed by atoms with E-state index in [1.54, 1.807) is 0 Å². The lowest BCUT2D eigenvalue weighted by atomic mass is 9.67. The highest BCUT2D eigenvalue weighted by molar-refractivity contribution is 7.99. The van der Waals surface area contributed by atoms with Gasteiger partial charge in [0.25, 0.3) is 0 Å². The highest BCUT2D eigenvalue weighted by Crippen LogP contribution is 2.46. The van der Waals surface area contributed by atoms with Gasteiger partial charge in [-0.25, -0.2) is 0 Å². The normalized spacial score (nSPS) is 33.1. The molecule has 1 aliphatic carbocycles. The molecule has 0 aromatic heterocycles. The molecule has 1 atom stereocenters. The predicted molar refractivity (Wildman–Crippen MR) is 57.0 cm³/mol. The summed E-state index contributed by atoms with van der Waals surface area (Å²) in [5.74, 6) is 3.22. The van der Waals surface area contributed by atoms with Crippen LogP contribution >= 0.6 is 11.8 Å². The molecule has 13 heavy (non-hydrogen) atoms. The maximum atomic E-state index is 11.3. The predicted octanol–water partition coefficient (Wildman–Crippen LogP) is 2.89. The van der Waals surface area contributed by atoms with E-state index >= 15 is 0 Å². The molecule has 2 rings (SSSR count). The van der Waals surface area contributed by atoms with Crippen molar-refractivity contribution in [1.82, 2.24) is 0 Å². The van der Waals surface area contributed by atoms with Crippen LogP contribution in [0.3, 0.4) is 0 Å². The molecule has 1 aliphatic heterocycles. The summed E-state index contributed by atoms with van der Waals surface area (Å²) < 4.78 is 0. The Bertz CT molecular complexity index is 179. The number of carbonyl (C=O) groups excluding carboxylic acids is 1. The monoisotopic (exact) mass is 198 g/mol. The Hall–Kier alpha value is 0.0200. The van der Waals surface area contributed by atoms with Crippen molar-refractivity contribution < 1.29 is 4.79 Å². The van der Waals surface area contributed by atoms with E-state index < -0.39 is 0 Å². The molecule has 1 unspecified atom stereocenters. The van der Waals surface area contributed by atoms with E-state index in [0.29, 0.717) is 5.92 Å². The zero-order valence-electron chi connectivity index (χ0n) is 8.13. The number of rotatable bonds is 2. The van der Waals surface area contributed by atoms with Crippen LogP contribution in [-0.4, -0.2) is 17.8 Å². The van der Waals surface area contributed by atoms with Gasteiger partial charge in [-0.05, 0) is 36.7 Å². The number of hydrogen-bond acceptors (Lipinski definition) is 2. The molecular weight excluding hydrogens is 180 g/mol. The van der Waals surface area contributed by atoms with Crippen molar-refractivity contribution in [3.05, 3.63) is 0 Å². The van der Waals surface area contributed by atoms with Crippen LogP contribution in [0.2, 0.25) is 0 Å². The van der Waals surface area contributed by atoms with Gasteiger partial charge >= 0.3 is 0 Å². The van der Waals surface area contributed by atoms with Gasteiger partial charge in [0, 0.05) is 5.41 Å². The zero-order chi connectivity index (χ0) is 9.15. The van der Waals surface area contributed by atoms with Crippen molar-refractivity contribution in [3.63, 3.8) is 0 Å². The first-order chi connectivity index (χ1) is 6.37. The van der Waals surface area contributed by atoms with Gasteiger partial charge in [-0.3, -0.25) is 0 Å². The summed E-state index contributed by atoms with van der Waals surface area (Å²) in [5, 5.41) is 0. The molecule has 0 N–H and O–H groups in total. The second kappa shape index (κ2) is 4.04. The van der Waals surface area contributed by atoms with Gasteiger partial charge in [0.05, 0.1) is 0 Å². The first-order valence-electron chi connectivity index (χ1n) is 5.41. The van der Waals surface area contributed by atoms with E-state index in [0.717, 1.165) is 0 Å². The minimum absolute atomic E-state index is 0.0990. The summed E-state index contributed by atoms with van der Waals surface area (Å²) >= 11 is 2.03. The fourth-order valence-electron chi connectivity index (χ4n) is 2.82. The lowest BCUT2D eigenvalue weighted by Gasteiger charge is -2.37. The van der Waals surface area contributed by atoms with Crippen LogP contribution in [0.5, 0.6) is 0 Å². The van der Waals surface area contributed by atoms with Crippen LogP contribution in [-0.2, 0) is 4.79 Å². The van der Waals surface area contributed by atoms with E-state index in [9.17, 15) is 4.79 Å². The summed E-state index contributed by atoms with van der Waals surface area (Å²) in [6, 6.07) is 0. The van der Waals surface area contributed by atoms with Crippen molar-refractivity contribution in [2.45, 2.75) is 38.5 Å². The lowest BCUT2D eigenvalue weighted by molar-refractivity contribution is -0.120. The van der Waals surface area contributed by atoms with Gasteiger partial charge in [0.15, 0.2) is 0 Å². The Kier molecular flexibility index (Phi) is 2.97. The molecule has 2 heteroatoms. The molecule has 1 heterocycles. The van der Waals surface area contributed by atoms with Crippen molar-refractivity contribution in [1.29, 1.82) is 0 Å². The third-order valence-corrected chi connectivity index (χ3v) is 4.92. The van der Waals surface area contributed by atoms with Crippen molar-refractivity contribution in [2.75, 3.05) is 11.5 Å². The van der Waals surface area contributed by atoms with Gasteiger partial charge in [0.1, 0.15) is 6.29 Å². The highest BCUT2D eigenvalue weighted by atomic mass is 32.2. The van der Waals surface area contributed by atoms with Crippen LogP contribution in [0.15, 0.2) is 0 Å². The van der Waals surface area contributed by atoms with Crippen LogP contribution < -0.4 is 0 Å². The van der Waals surface area contributed by atoms with Gasteiger partial charge < -0.3 is 4.79 Å². The number of carbonyl (C=O) groups is 1. The van der Waals surface area contributed by atoms with Gasteiger partial charge in [-0.15, -0.1) is 0 Å². The van der Waals surface area contributed by atoms with Crippen molar-refractivity contribution >= 4 is 18.0 Å². The molecule has 0 aromatic rings. The summed E-state index contributed by atoms with van der Waals surface area (Å²) in [6.45, 7) is 0. The Labute approximate surface area is 84.7 Å². The van der Waals surface area contributed by atoms with E-state index in [1.807, 2.05) is 11.8 Å². The molecule has 0 amide bonds. The van der Waals surface area contributed by atoms with E-state index in [-0.39, 0.29) is 5.41 Å². The molecule has 2 fully saturated rings. The van der Waals surface area contributed by atoms with E-state index in [4.69, 9.17) is 0 Å². The Morgan fingerprint density at radius 2 is 2.00 bits per heavy atom. The molecule has 74 valence electrons. The summed E-state index contributed by atoms with van der Waals surface area (Å²) in [4.78, 5) is 11.3. The smallest absolute Gasteiger partial charge is 0.126 e. The first kappa shape index (κ1) is 9.57. The average molecular weight is 198 g/mol. The molecule has 0 bridgehead atoms. The Morgan fingerprint density at radius 3 is 2.54 bits per heavy atom.